The Morgan fingerprint density at radius 2 is 1.95 bits per heavy atom. The molecule has 1 fully saturated rings. The van der Waals surface area contributed by atoms with E-state index in [4.69, 9.17) is 0 Å². The molecule has 1 aliphatic rings. The van der Waals surface area contributed by atoms with Gasteiger partial charge in [-0.3, -0.25) is 14.5 Å². The second kappa shape index (κ2) is 5.65. The summed E-state index contributed by atoms with van der Waals surface area (Å²) in [5.74, 6) is -0.511. The van der Waals surface area contributed by atoms with Crippen LogP contribution in [0, 0.1) is 0 Å². The zero-order valence-electron chi connectivity index (χ0n) is 10.8. The van der Waals surface area contributed by atoms with Crippen LogP contribution in [-0.2, 0) is 16.0 Å². The molecule has 5 nitrogen and oxygen atoms in total. The number of carbonyl (C=O) groups is 3. The lowest BCUT2D eigenvalue weighted by molar-refractivity contribution is -0.131. The van der Waals surface area contributed by atoms with Crippen LogP contribution in [0.25, 0.3) is 0 Å². The first kappa shape index (κ1) is 13.3. The van der Waals surface area contributed by atoms with Crippen molar-refractivity contribution in [2.24, 2.45) is 0 Å². The van der Waals surface area contributed by atoms with Gasteiger partial charge in [0.2, 0.25) is 0 Å². The van der Waals surface area contributed by atoms with Crippen molar-refractivity contribution in [3.63, 3.8) is 0 Å². The molecule has 1 aliphatic heterocycles. The van der Waals surface area contributed by atoms with Crippen molar-refractivity contribution in [2.45, 2.75) is 25.8 Å². The predicted molar refractivity (Wildman–Crippen MR) is 69.5 cm³/mol. The Morgan fingerprint density at radius 1 is 1.26 bits per heavy atom. The Labute approximate surface area is 111 Å². The van der Waals surface area contributed by atoms with E-state index in [1.807, 2.05) is 30.3 Å². The van der Waals surface area contributed by atoms with E-state index in [-0.39, 0.29) is 18.2 Å². The monoisotopic (exact) mass is 260 g/mol. The molecule has 1 saturated heterocycles. The Kier molecular flexibility index (Phi) is 3.94. The highest BCUT2D eigenvalue weighted by Gasteiger charge is 2.37. The highest BCUT2D eigenvalue weighted by Crippen LogP contribution is 2.12. The minimum Gasteiger partial charge on any atom is -0.326 e. The lowest BCUT2D eigenvalue weighted by atomic mass is 10.1. The summed E-state index contributed by atoms with van der Waals surface area (Å²) >= 11 is 0. The van der Waals surface area contributed by atoms with Crippen molar-refractivity contribution < 1.29 is 14.4 Å². The number of ketones is 1. The Morgan fingerprint density at radius 3 is 2.58 bits per heavy atom. The summed E-state index contributed by atoms with van der Waals surface area (Å²) in [4.78, 5) is 35.5. The van der Waals surface area contributed by atoms with Crippen LogP contribution in [0.2, 0.25) is 0 Å². The van der Waals surface area contributed by atoms with Crippen LogP contribution in [0.15, 0.2) is 30.3 Å². The van der Waals surface area contributed by atoms with E-state index in [2.05, 4.69) is 5.32 Å². The van der Waals surface area contributed by atoms with Crippen molar-refractivity contribution in [1.82, 2.24) is 10.2 Å². The van der Waals surface area contributed by atoms with Crippen molar-refractivity contribution in [3.8, 4) is 0 Å². The Hall–Kier alpha value is -2.17. The summed E-state index contributed by atoms with van der Waals surface area (Å²) in [7, 11) is 0. The number of hydrogen-bond donors (Lipinski definition) is 1. The van der Waals surface area contributed by atoms with Crippen molar-refractivity contribution in [3.05, 3.63) is 35.9 Å². The van der Waals surface area contributed by atoms with Gasteiger partial charge in [-0.15, -0.1) is 0 Å². The number of benzene rings is 1. The van der Waals surface area contributed by atoms with E-state index in [0.29, 0.717) is 12.8 Å². The number of amides is 3. The van der Waals surface area contributed by atoms with Crippen LogP contribution in [0.4, 0.5) is 4.79 Å². The number of aryl methyl sites for hydroxylation is 1. The fourth-order valence-electron chi connectivity index (χ4n) is 2.10. The van der Waals surface area contributed by atoms with Crippen LogP contribution in [0.5, 0.6) is 0 Å². The van der Waals surface area contributed by atoms with Crippen molar-refractivity contribution in [1.29, 1.82) is 0 Å². The largest absolute Gasteiger partial charge is 0.326 e. The maximum absolute atomic E-state index is 12.0. The van der Waals surface area contributed by atoms with Gasteiger partial charge >= 0.3 is 6.03 Å². The molecule has 0 bridgehead atoms. The number of Topliss-reactive ketones (excluding diaryl/α,β-unsaturated/α-hetero) is 1. The van der Waals surface area contributed by atoms with Gasteiger partial charge in [0.05, 0.1) is 6.54 Å². The summed E-state index contributed by atoms with van der Waals surface area (Å²) in [6.45, 7) is 1.21. The lowest BCUT2D eigenvalue weighted by Crippen LogP contribution is -2.35. The Balaban J connectivity index is 1.94. The molecule has 0 radical (unpaired) electrons. The first-order valence-electron chi connectivity index (χ1n) is 6.23. The molecule has 0 aliphatic carbocycles. The molecule has 19 heavy (non-hydrogen) atoms. The maximum Gasteiger partial charge on any atom is 0.325 e. The molecule has 1 aromatic rings. The smallest absolute Gasteiger partial charge is 0.325 e. The maximum atomic E-state index is 12.0. The number of urea groups is 1. The van der Waals surface area contributed by atoms with Crippen LogP contribution in [0.1, 0.15) is 18.9 Å². The van der Waals surface area contributed by atoms with Gasteiger partial charge in [0, 0.05) is 0 Å². The molecule has 1 aromatic carbocycles. The molecule has 2 rings (SSSR count). The first-order chi connectivity index (χ1) is 9.08. The summed E-state index contributed by atoms with van der Waals surface area (Å²) < 4.78 is 0. The van der Waals surface area contributed by atoms with Gasteiger partial charge in [-0.2, -0.15) is 0 Å². The summed E-state index contributed by atoms with van der Waals surface area (Å²) in [5, 5.41) is 2.61. The van der Waals surface area contributed by atoms with Crippen molar-refractivity contribution in [2.75, 3.05) is 6.54 Å². The average molecular weight is 260 g/mol. The highest BCUT2D eigenvalue weighted by molar-refractivity contribution is 6.06. The molecule has 5 heteroatoms. The van der Waals surface area contributed by atoms with Gasteiger partial charge in [-0.1, -0.05) is 30.3 Å². The van der Waals surface area contributed by atoms with Gasteiger partial charge < -0.3 is 5.32 Å². The van der Waals surface area contributed by atoms with Gasteiger partial charge in [-0.05, 0) is 25.3 Å². The van der Waals surface area contributed by atoms with E-state index in [1.165, 1.54) is 6.92 Å². The quantitative estimate of drug-likeness (QED) is 0.807. The fraction of sp³-hybridized carbons (Fsp3) is 0.357. The fourth-order valence-corrected chi connectivity index (χ4v) is 2.10. The van der Waals surface area contributed by atoms with E-state index in [1.54, 1.807) is 0 Å². The number of hydrogen-bond acceptors (Lipinski definition) is 3. The lowest BCUT2D eigenvalue weighted by Gasteiger charge is -2.10. The molecule has 1 heterocycles. The number of nitrogens with zero attached hydrogens (tertiary/aromatic N) is 1. The SMILES string of the molecule is CC(=O)CN1C(=O)N[C@H](CCc2ccccc2)C1=O. The first-order valence-corrected chi connectivity index (χ1v) is 6.23. The van der Waals surface area contributed by atoms with Gasteiger partial charge in [0.25, 0.3) is 5.91 Å². The molecular weight excluding hydrogens is 244 g/mol. The molecular formula is C14H16N2O3. The van der Waals surface area contributed by atoms with Crippen molar-refractivity contribution >= 4 is 17.7 Å². The molecule has 100 valence electrons. The molecule has 0 saturated carbocycles. The minimum atomic E-state index is -0.521. The molecule has 1 atom stereocenters. The zero-order valence-corrected chi connectivity index (χ0v) is 10.8. The average Bonchev–Trinajstić information content (AvgIpc) is 2.65. The van der Waals surface area contributed by atoms with Gasteiger partial charge in [-0.25, -0.2) is 4.79 Å². The second-order valence-electron chi connectivity index (χ2n) is 4.65. The summed E-state index contributed by atoms with van der Waals surface area (Å²) in [6, 6.07) is 8.77. The third-order valence-corrected chi connectivity index (χ3v) is 3.05. The molecule has 1 N–H and O–H groups in total. The summed E-state index contributed by atoms with van der Waals surface area (Å²) in [5.41, 5.74) is 1.12. The normalized spacial score (nSPS) is 18.6. The van der Waals surface area contributed by atoms with Crippen LogP contribution in [0.3, 0.4) is 0 Å². The number of imide groups is 1. The van der Waals surface area contributed by atoms with Crippen LogP contribution in [-0.4, -0.2) is 35.2 Å². The molecule has 3 amide bonds. The summed E-state index contributed by atoms with van der Waals surface area (Å²) in [6.07, 6.45) is 1.26. The topological polar surface area (TPSA) is 66.5 Å². The van der Waals surface area contributed by atoms with E-state index >= 15 is 0 Å². The van der Waals surface area contributed by atoms with Crippen LogP contribution >= 0.6 is 0 Å². The zero-order chi connectivity index (χ0) is 13.8. The number of nitrogens with one attached hydrogen (secondary N) is 1. The van der Waals surface area contributed by atoms with E-state index < -0.39 is 12.1 Å². The molecule has 0 spiro atoms. The van der Waals surface area contributed by atoms with E-state index in [9.17, 15) is 14.4 Å². The molecule has 0 aromatic heterocycles. The number of rotatable bonds is 5. The standard InChI is InChI=1S/C14H16N2O3/c1-10(17)9-16-13(18)12(15-14(16)19)8-7-11-5-3-2-4-6-11/h2-6,12H,7-9H2,1H3,(H,15,19)/t12-/m1/s1. The highest BCUT2D eigenvalue weighted by atomic mass is 16.2. The third-order valence-electron chi connectivity index (χ3n) is 3.05. The second-order valence-corrected chi connectivity index (χ2v) is 4.65. The van der Waals surface area contributed by atoms with Gasteiger partial charge in [0.1, 0.15) is 11.8 Å². The van der Waals surface area contributed by atoms with E-state index in [0.717, 1.165) is 10.5 Å². The number of carbonyl (C=O) groups excluding carboxylic acids is 3. The van der Waals surface area contributed by atoms with Gasteiger partial charge in [0.15, 0.2) is 0 Å². The predicted octanol–water partition coefficient (Wildman–Crippen LogP) is 1.13. The molecule has 0 unspecified atom stereocenters. The van der Waals surface area contributed by atoms with Crippen LogP contribution < -0.4 is 5.32 Å². The third kappa shape index (κ3) is 3.19. The Bertz CT molecular complexity index is 499. The minimum absolute atomic E-state index is 0.146.